The van der Waals surface area contributed by atoms with Crippen molar-refractivity contribution in [3.8, 4) is 11.5 Å². The maximum atomic E-state index is 5.58. The Morgan fingerprint density at radius 3 is 3.00 bits per heavy atom. The van der Waals surface area contributed by atoms with Crippen molar-refractivity contribution in [2.45, 2.75) is 19.9 Å². The minimum Gasteiger partial charge on any atom is -0.444 e. The van der Waals surface area contributed by atoms with Crippen molar-refractivity contribution in [1.29, 1.82) is 0 Å². The van der Waals surface area contributed by atoms with Crippen molar-refractivity contribution in [3.63, 3.8) is 0 Å². The highest BCUT2D eigenvalue weighted by atomic mass is 16.5. The number of hydrogen-bond acceptors (Lipinski definition) is 4. The van der Waals surface area contributed by atoms with Gasteiger partial charge in [0.2, 0.25) is 5.89 Å². The molecule has 2 heterocycles. The molecule has 1 saturated heterocycles. The van der Waals surface area contributed by atoms with Gasteiger partial charge in [0.15, 0.2) is 5.96 Å². The highest BCUT2D eigenvalue weighted by Crippen LogP contribution is 2.19. The molecule has 0 amide bonds. The Morgan fingerprint density at radius 1 is 1.40 bits per heavy atom. The van der Waals surface area contributed by atoms with Crippen molar-refractivity contribution < 1.29 is 9.15 Å². The van der Waals surface area contributed by atoms with Gasteiger partial charge in [0.05, 0.1) is 18.8 Å². The summed E-state index contributed by atoms with van der Waals surface area (Å²) in [6.45, 7) is 6.22. The van der Waals surface area contributed by atoms with Crippen molar-refractivity contribution in [2.24, 2.45) is 10.9 Å². The van der Waals surface area contributed by atoms with E-state index in [0.29, 0.717) is 18.4 Å². The fourth-order valence-corrected chi connectivity index (χ4v) is 3.05. The number of ether oxygens (including phenoxy) is 1. The van der Waals surface area contributed by atoms with Crippen molar-refractivity contribution in [1.82, 2.24) is 15.2 Å². The van der Waals surface area contributed by atoms with E-state index >= 15 is 0 Å². The molecule has 2 aromatic rings. The molecule has 0 spiro atoms. The van der Waals surface area contributed by atoms with E-state index in [0.717, 1.165) is 49.9 Å². The van der Waals surface area contributed by atoms with Crippen LogP contribution in [0.25, 0.3) is 11.5 Å². The molecule has 0 aliphatic carbocycles. The first-order valence-electron chi connectivity index (χ1n) is 8.83. The lowest BCUT2D eigenvalue weighted by molar-refractivity contribution is 0.114. The zero-order valence-electron chi connectivity index (χ0n) is 14.9. The summed E-state index contributed by atoms with van der Waals surface area (Å²) in [7, 11) is 1.82. The molecule has 0 saturated carbocycles. The molecule has 1 aliphatic heterocycles. The molecule has 6 heteroatoms. The number of benzene rings is 1. The molecule has 25 heavy (non-hydrogen) atoms. The molecule has 1 N–H and O–H groups in total. The summed E-state index contributed by atoms with van der Waals surface area (Å²) in [5.74, 6) is 2.13. The van der Waals surface area contributed by atoms with Gasteiger partial charge in [0.25, 0.3) is 0 Å². The highest BCUT2D eigenvalue weighted by molar-refractivity contribution is 5.80. The van der Waals surface area contributed by atoms with E-state index in [4.69, 9.17) is 9.15 Å². The van der Waals surface area contributed by atoms with Gasteiger partial charge in [-0.25, -0.2) is 4.98 Å². The average molecular weight is 342 g/mol. The number of guanidine groups is 1. The number of likely N-dealkylation sites (tertiary alicyclic amines) is 1. The Hall–Kier alpha value is -2.34. The van der Waals surface area contributed by atoms with Crippen molar-refractivity contribution in [3.05, 3.63) is 42.3 Å². The van der Waals surface area contributed by atoms with E-state index in [-0.39, 0.29) is 0 Å². The predicted octanol–water partition coefficient (Wildman–Crippen LogP) is 2.78. The molecule has 1 aromatic heterocycles. The van der Waals surface area contributed by atoms with Gasteiger partial charge in [-0.15, -0.1) is 0 Å². The van der Waals surface area contributed by atoms with Crippen molar-refractivity contribution >= 4 is 5.96 Å². The molecule has 1 fully saturated rings. The molecule has 1 aromatic carbocycles. The summed E-state index contributed by atoms with van der Waals surface area (Å²) in [5, 5.41) is 3.38. The van der Waals surface area contributed by atoms with E-state index in [1.54, 1.807) is 6.26 Å². The summed E-state index contributed by atoms with van der Waals surface area (Å²) in [4.78, 5) is 11.2. The molecule has 134 valence electrons. The molecule has 3 rings (SSSR count). The van der Waals surface area contributed by atoms with Gasteiger partial charge in [-0.2, -0.15) is 0 Å². The second-order valence-electron chi connectivity index (χ2n) is 6.17. The van der Waals surface area contributed by atoms with E-state index < -0.39 is 0 Å². The van der Waals surface area contributed by atoms with Crippen LogP contribution < -0.4 is 5.32 Å². The van der Waals surface area contributed by atoms with Crippen LogP contribution in [0.2, 0.25) is 0 Å². The van der Waals surface area contributed by atoms with E-state index in [1.807, 2.05) is 44.3 Å². The standard InChI is InChI=1S/C19H26N4O2/c1-3-24-13-15-9-10-23(12-15)19(20-2)21-11-17-14-25-18(22-17)16-7-5-4-6-8-16/h4-8,14-15H,3,9-13H2,1-2H3,(H,20,21). The second-order valence-corrected chi connectivity index (χ2v) is 6.17. The summed E-state index contributed by atoms with van der Waals surface area (Å²) in [6, 6.07) is 9.92. The molecule has 6 nitrogen and oxygen atoms in total. The minimum absolute atomic E-state index is 0.579. The number of oxazole rings is 1. The first-order chi connectivity index (χ1) is 12.3. The summed E-state index contributed by atoms with van der Waals surface area (Å²) in [5.41, 5.74) is 1.85. The van der Waals surface area contributed by atoms with Gasteiger partial charge in [0.1, 0.15) is 6.26 Å². The number of nitrogens with zero attached hydrogens (tertiary/aromatic N) is 3. The molecule has 0 bridgehead atoms. The topological polar surface area (TPSA) is 62.9 Å². The lowest BCUT2D eigenvalue weighted by Gasteiger charge is -2.21. The van der Waals surface area contributed by atoms with Crippen LogP contribution in [0.4, 0.5) is 0 Å². The first-order valence-corrected chi connectivity index (χ1v) is 8.83. The normalized spacial score (nSPS) is 17.9. The van der Waals surface area contributed by atoms with Gasteiger partial charge in [-0.05, 0) is 25.5 Å². The fourth-order valence-electron chi connectivity index (χ4n) is 3.05. The van der Waals surface area contributed by atoms with Gasteiger partial charge in [-0.3, -0.25) is 4.99 Å². The van der Waals surface area contributed by atoms with Crippen LogP contribution in [0.3, 0.4) is 0 Å². The maximum Gasteiger partial charge on any atom is 0.226 e. The largest absolute Gasteiger partial charge is 0.444 e. The third-order valence-electron chi connectivity index (χ3n) is 4.35. The third kappa shape index (κ3) is 4.60. The average Bonchev–Trinajstić information content (AvgIpc) is 3.31. The van der Waals surface area contributed by atoms with Crippen LogP contribution in [-0.4, -0.2) is 49.2 Å². The predicted molar refractivity (Wildman–Crippen MR) is 98.3 cm³/mol. The third-order valence-corrected chi connectivity index (χ3v) is 4.35. The molecular weight excluding hydrogens is 316 g/mol. The zero-order valence-corrected chi connectivity index (χ0v) is 14.9. The Labute approximate surface area is 148 Å². The molecule has 1 unspecified atom stereocenters. The van der Waals surface area contributed by atoms with Crippen molar-refractivity contribution in [2.75, 3.05) is 33.4 Å². The van der Waals surface area contributed by atoms with E-state index in [9.17, 15) is 0 Å². The lowest BCUT2D eigenvalue weighted by atomic mass is 10.1. The van der Waals surface area contributed by atoms with Crippen LogP contribution >= 0.6 is 0 Å². The quantitative estimate of drug-likeness (QED) is 0.646. The van der Waals surface area contributed by atoms with E-state index in [1.165, 1.54) is 0 Å². The lowest BCUT2D eigenvalue weighted by Crippen LogP contribution is -2.39. The Morgan fingerprint density at radius 2 is 2.24 bits per heavy atom. The van der Waals surface area contributed by atoms with Gasteiger partial charge < -0.3 is 19.4 Å². The molecule has 1 aliphatic rings. The van der Waals surface area contributed by atoms with E-state index in [2.05, 4.69) is 20.2 Å². The smallest absolute Gasteiger partial charge is 0.226 e. The van der Waals surface area contributed by atoms with Gasteiger partial charge >= 0.3 is 0 Å². The SMILES string of the molecule is CCOCC1CCN(C(=NC)NCc2coc(-c3ccccc3)n2)C1. The zero-order chi connectivity index (χ0) is 17.5. The number of aromatic nitrogens is 1. The maximum absolute atomic E-state index is 5.58. The van der Waals surface area contributed by atoms with Crippen LogP contribution in [0.5, 0.6) is 0 Å². The number of rotatable bonds is 6. The first kappa shape index (κ1) is 17.5. The molecule has 0 radical (unpaired) electrons. The summed E-state index contributed by atoms with van der Waals surface area (Å²) >= 11 is 0. The number of aliphatic imine (C=N–C) groups is 1. The van der Waals surface area contributed by atoms with Crippen LogP contribution in [-0.2, 0) is 11.3 Å². The van der Waals surface area contributed by atoms with Gasteiger partial charge in [0, 0.05) is 38.2 Å². The minimum atomic E-state index is 0.579. The second kappa shape index (κ2) is 8.67. The summed E-state index contributed by atoms with van der Waals surface area (Å²) < 4.78 is 11.1. The Bertz CT molecular complexity index is 684. The number of nitrogens with one attached hydrogen (secondary N) is 1. The van der Waals surface area contributed by atoms with Gasteiger partial charge in [-0.1, -0.05) is 18.2 Å². The molecule has 1 atom stereocenters. The highest BCUT2D eigenvalue weighted by Gasteiger charge is 2.24. The Balaban J connectivity index is 1.53. The van der Waals surface area contributed by atoms with Crippen LogP contribution in [0, 0.1) is 5.92 Å². The molecular formula is C19H26N4O2. The summed E-state index contributed by atoms with van der Waals surface area (Å²) in [6.07, 6.45) is 2.84. The Kier molecular flexibility index (Phi) is 6.06. The fraction of sp³-hybridized carbons (Fsp3) is 0.474. The number of hydrogen-bond donors (Lipinski definition) is 1. The van der Waals surface area contributed by atoms with Crippen LogP contribution in [0.15, 0.2) is 46.0 Å². The van der Waals surface area contributed by atoms with Crippen LogP contribution in [0.1, 0.15) is 19.0 Å². The monoisotopic (exact) mass is 342 g/mol.